The van der Waals surface area contributed by atoms with Gasteiger partial charge in [0.15, 0.2) is 0 Å². The van der Waals surface area contributed by atoms with E-state index < -0.39 is 10.0 Å². The maximum absolute atomic E-state index is 12.9. The predicted molar refractivity (Wildman–Crippen MR) is 107 cm³/mol. The second kappa shape index (κ2) is 8.23. The number of anilines is 1. The minimum atomic E-state index is -3.54. The molecule has 0 radical (unpaired) electrons. The van der Waals surface area contributed by atoms with Crippen molar-refractivity contribution < 1.29 is 13.2 Å². The molecule has 0 bridgehead atoms. The van der Waals surface area contributed by atoms with Crippen molar-refractivity contribution in [2.45, 2.75) is 50.0 Å². The molecule has 0 saturated heterocycles. The lowest BCUT2D eigenvalue weighted by molar-refractivity contribution is 0.102. The number of hydrogen-bond acceptors (Lipinski definition) is 3. The van der Waals surface area contributed by atoms with Gasteiger partial charge in [-0.2, -0.15) is 4.31 Å². The smallest absolute Gasteiger partial charge is 0.255 e. The van der Waals surface area contributed by atoms with E-state index >= 15 is 0 Å². The van der Waals surface area contributed by atoms with E-state index in [9.17, 15) is 13.2 Å². The van der Waals surface area contributed by atoms with Crippen LogP contribution < -0.4 is 5.32 Å². The van der Waals surface area contributed by atoms with Gasteiger partial charge in [0, 0.05) is 24.3 Å². The van der Waals surface area contributed by atoms with Crippen molar-refractivity contribution in [2.75, 3.05) is 12.4 Å². The molecule has 144 valence electrons. The van der Waals surface area contributed by atoms with Crippen LogP contribution in [0, 0.1) is 6.92 Å². The first-order chi connectivity index (χ1) is 12.9. The lowest BCUT2D eigenvalue weighted by Gasteiger charge is -2.30. The topological polar surface area (TPSA) is 66.5 Å². The number of sulfonamides is 1. The lowest BCUT2D eigenvalue weighted by atomic mass is 9.96. The van der Waals surface area contributed by atoms with Crippen LogP contribution in [0.15, 0.2) is 53.4 Å². The highest BCUT2D eigenvalue weighted by atomic mass is 32.2. The van der Waals surface area contributed by atoms with Crippen LogP contribution in [0.2, 0.25) is 0 Å². The maximum Gasteiger partial charge on any atom is 0.255 e. The number of nitrogens with one attached hydrogen (secondary N) is 1. The third-order valence-corrected chi connectivity index (χ3v) is 7.12. The number of amides is 1. The first-order valence-electron chi connectivity index (χ1n) is 9.34. The number of carbonyl (C=O) groups is 1. The Kier molecular flexibility index (Phi) is 5.97. The summed E-state index contributed by atoms with van der Waals surface area (Å²) in [5.41, 5.74) is 2.25. The SMILES string of the molecule is Cc1ccc(NC(=O)c2ccc(S(=O)(=O)N(C)C3CCCCC3)cc2)cc1. The fourth-order valence-electron chi connectivity index (χ4n) is 3.43. The number of nitrogens with zero attached hydrogens (tertiary/aromatic N) is 1. The zero-order valence-corrected chi connectivity index (χ0v) is 16.6. The van der Waals surface area contributed by atoms with Crippen LogP contribution in [0.5, 0.6) is 0 Å². The van der Waals surface area contributed by atoms with Crippen molar-refractivity contribution >= 4 is 21.6 Å². The van der Waals surface area contributed by atoms with Gasteiger partial charge in [0.25, 0.3) is 5.91 Å². The Bertz CT molecular complexity index is 884. The molecule has 1 fully saturated rings. The fourth-order valence-corrected chi connectivity index (χ4v) is 4.84. The Morgan fingerprint density at radius 2 is 1.56 bits per heavy atom. The van der Waals surface area contributed by atoms with Gasteiger partial charge in [-0.1, -0.05) is 37.0 Å². The van der Waals surface area contributed by atoms with Crippen LogP contribution in [0.1, 0.15) is 48.0 Å². The summed E-state index contributed by atoms with van der Waals surface area (Å²) in [5.74, 6) is -0.261. The molecule has 0 atom stereocenters. The molecule has 2 aromatic rings. The Morgan fingerprint density at radius 1 is 0.963 bits per heavy atom. The van der Waals surface area contributed by atoms with Crippen LogP contribution in [0.25, 0.3) is 0 Å². The Morgan fingerprint density at radius 3 is 2.15 bits per heavy atom. The lowest BCUT2D eigenvalue weighted by Crippen LogP contribution is -2.38. The van der Waals surface area contributed by atoms with E-state index in [4.69, 9.17) is 0 Å². The fraction of sp³-hybridized carbons (Fsp3) is 0.381. The van der Waals surface area contributed by atoms with Gasteiger partial charge < -0.3 is 5.32 Å². The van der Waals surface area contributed by atoms with Crippen molar-refractivity contribution in [3.63, 3.8) is 0 Å². The average molecular weight is 387 g/mol. The quantitative estimate of drug-likeness (QED) is 0.837. The summed E-state index contributed by atoms with van der Waals surface area (Å²) in [4.78, 5) is 12.6. The van der Waals surface area contributed by atoms with Crippen LogP contribution in [0.4, 0.5) is 5.69 Å². The molecule has 1 saturated carbocycles. The zero-order valence-electron chi connectivity index (χ0n) is 15.8. The highest BCUT2D eigenvalue weighted by Crippen LogP contribution is 2.26. The minimum absolute atomic E-state index is 0.0632. The van der Waals surface area contributed by atoms with Gasteiger partial charge in [-0.25, -0.2) is 8.42 Å². The summed E-state index contributed by atoms with van der Waals surface area (Å²) in [5, 5.41) is 2.82. The molecule has 27 heavy (non-hydrogen) atoms. The molecule has 2 aromatic carbocycles. The molecule has 1 aliphatic carbocycles. The second-order valence-electron chi connectivity index (χ2n) is 7.16. The van der Waals surface area contributed by atoms with E-state index in [2.05, 4.69) is 5.32 Å². The molecule has 3 rings (SSSR count). The molecule has 5 nitrogen and oxygen atoms in total. The van der Waals surface area contributed by atoms with Gasteiger partial charge >= 0.3 is 0 Å². The van der Waals surface area contributed by atoms with E-state index in [0.29, 0.717) is 11.3 Å². The molecule has 0 spiro atoms. The number of hydrogen-bond donors (Lipinski definition) is 1. The number of benzene rings is 2. The monoisotopic (exact) mass is 386 g/mol. The van der Waals surface area contributed by atoms with Gasteiger partial charge in [0.2, 0.25) is 10.0 Å². The Balaban J connectivity index is 1.71. The van der Waals surface area contributed by atoms with E-state index in [0.717, 1.165) is 31.2 Å². The zero-order chi connectivity index (χ0) is 19.4. The van der Waals surface area contributed by atoms with Crippen molar-refractivity contribution in [1.29, 1.82) is 0 Å². The maximum atomic E-state index is 12.9. The van der Waals surface area contributed by atoms with Gasteiger partial charge in [-0.15, -0.1) is 0 Å². The normalized spacial score (nSPS) is 15.7. The van der Waals surface area contributed by atoms with E-state index in [1.165, 1.54) is 22.9 Å². The summed E-state index contributed by atoms with van der Waals surface area (Å²) >= 11 is 0. The van der Waals surface area contributed by atoms with E-state index in [-0.39, 0.29) is 16.8 Å². The van der Waals surface area contributed by atoms with Crippen LogP contribution >= 0.6 is 0 Å². The molecule has 6 heteroatoms. The number of carbonyl (C=O) groups excluding carboxylic acids is 1. The standard InChI is InChI=1S/C21H26N2O3S/c1-16-8-12-18(13-9-16)22-21(24)17-10-14-20(15-11-17)27(25,26)23(2)19-6-4-3-5-7-19/h8-15,19H,3-7H2,1-2H3,(H,22,24). The number of aryl methyl sites for hydroxylation is 1. The first kappa shape index (κ1) is 19.6. The van der Waals surface area contributed by atoms with Crippen molar-refractivity contribution in [3.05, 3.63) is 59.7 Å². The number of rotatable bonds is 5. The summed E-state index contributed by atoms with van der Waals surface area (Å²) < 4.78 is 27.2. The molecule has 1 amide bonds. The third-order valence-electron chi connectivity index (χ3n) is 5.19. The van der Waals surface area contributed by atoms with Crippen LogP contribution in [-0.2, 0) is 10.0 Å². The molecule has 0 heterocycles. The Labute approximate surface area is 161 Å². The van der Waals surface area contributed by atoms with Crippen LogP contribution in [0.3, 0.4) is 0 Å². The molecular formula is C21H26N2O3S. The van der Waals surface area contributed by atoms with Crippen molar-refractivity contribution in [3.8, 4) is 0 Å². The van der Waals surface area contributed by atoms with Gasteiger partial charge in [-0.05, 0) is 56.2 Å². The van der Waals surface area contributed by atoms with Gasteiger partial charge in [-0.3, -0.25) is 4.79 Å². The van der Waals surface area contributed by atoms with E-state index in [1.807, 2.05) is 31.2 Å². The van der Waals surface area contributed by atoms with Crippen molar-refractivity contribution in [1.82, 2.24) is 4.31 Å². The molecule has 0 aliphatic heterocycles. The molecule has 0 unspecified atom stereocenters. The second-order valence-corrected chi connectivity index (χ2v) is 9.16. The first-order valence-corrected chi connectivity index (χ1v) is 10.8. The summed E-state index contributed by atoms with van der Waals surface area (Å²) in [6, 6.07) is 13.7. The molecular weight excluding hydrogens is 360 g/mol. The van der Waals surface area contributed by atoms with Gasteiger partial charge in [0.1, 0.15) is 0 Å². The highest BCUT2D eigenvalue weighted by Gasteiger charge is 2.29. The third kappa shape index (κ3) is 4.57. The molecule has 1 aliphatic rings. The largest absolute Gasteiger partial charge is 0.322 e. The summed E-state index contributed by atoms with van der Waals surface area (Å²) in [6.07, 6.45) is 5.14. The van der Waals surface area contributed by atoms with Crippen molar-refractivity contribution in [2.24, 2.45) is 0 Å². The van der Waals surface area contributed by atoms with E-state index in [1.54, 1.807) is 19.2 Å². The van der Waals surface area contributed by atoms with Crippen LogP contribution in [-0.4, -0.2) is 31.7 Å². The Hall–Kier alpha value is -2.18. The minimum Gasteiger partial charge on any atom is -0.322 e. The summed E-state index contributed by atoms with van der Waals surface area (Å²) in [6.45, 7) is 1.98. The van der Waals surface area contributed by atoms with Gasteiger partial charge in [0.05, 0.1) is 4.90 Å². The summed E-state index contributed by atoms with van der Waals surface area (Å²) in [7, 11) is -1.89. The average Bonchev–Trinajstić information content (AvgIpc) is 2.70. The highest BCUT2D eigenvalue weighted by molar-refractivity contribution is 7.89. The predicted octanol–water partition coefficient (Wildman–Crippen LogP) is 4.20. The molecule has 1 N–H and O–H groups in total. The molecule has 0 aromatic heterocycles.